The standard InChI is InChI=1S/C12H10N2O/c15-12(14-10-4-9-13-14)8-7-11-5-2-1-3-6-11/h1-10H. The molecule has 0 aliphatic carbocycles. The van der Waals surface area contributed by atoms with Crippen LogP contribution in [0.4, 0.5) is 0 Å². The van der Waals surface area contributed by atoms with E-state index in [0.717, 1.165) is 5.56 Å². The Morgan fingerprint density at radius 2 is 2.00 bits per heavy atom. The van der Waals surface area contributed by atoms with E-state index < -0.39 is 0 Å². The Labute approximate surface area is 87.7 Å². The van der Waals surface area contributed by atoms with Crippen molar-refractivity contribution in [1.82, 2.24) is 9.78 Å². The molecule has 0 spiro atoms. The van der Waals surface area contributed by atoms with Crippen LogP contribution >= 0.6 is 0 Å². The average Bonchev–Trinajstić information content (AvgIpc) is 2.81. The van der Waals surface area contributed by atoms with Crippen LogP contribution in [0.25, 0.3) is 6.08 Å². The van der Waals surface area contributed by atoms with Crippen molar-refractivity contribution in [2.75, 3.05) is 0 Å². The van der Waals surface area contributed by atoms with Crippen LogP contribution in [0.5, 0.6) is 0 Å². The second kappa shape index (κ2) is 4.37. The van der Waals surface area contributed by atoms with Crippen LogP contribution in [-0.4, -0.2) is 15.7 Å². The van der Waals surface area contributed by atoms with Crippen molar-refractivity contribution in [1.29, 1.82) is 0 Å². The highest BCUT2D eigenvalue weighted by Gasteiger charge is 1.97. The maximum Gasteiger partial charge on any atom is 0.270 e. The molecule has 0 radical (unpaired) electrons. The lowest BCUT2D eigenvalue weighted by Gasteiger charge is -1.93. The third-order valence-electron chi connectivity index (χ3n) is 1.95. The topological polar surface area (TPSA) is 34.9 Å². The zero-order valence-corrected chi connectivity index (χ0v) is 8.08. The summed E-state index contributed by atoms with van der Waals surface area (Å²) in [6, 6.07) is 11.4. The van der Waals surface area contributed by atoms with Gasteiger partial charge in [0.1, 0.15) is 0 Å². The number of hydrogen-bond acceptors (Lipinski definition) is 2. The van der Waals surface area contributed by atoms with Crippen molar-refractivity contribution >= 4 is 12.0 Å². The van der Waals surface area contributed by atoms with Crippen LogP contribution in [0.3, 0.4) is 0 Å². The van der Waals surface area contributed by atoms with E-state index >= 15 is 0 Å². The van der Waals surface area contributed by atoms with E-state index in [1.165, 1.54) is 10.8 Å². The second-order valence-corrected chi connectivity index (χ2v) is 3.03. The highest BCUT2D eigenvalue weighted by Crippen LogP contribution is 2.01. The molecule has 74 valence electrons. The lowest BCUT2D eigenvalue weighted by atomic mass is 10.2. The summed E-state index contributed by atoms with van der Waals surface area (Å²) in [5.41, 5.74) is 0.998. The van der Waals surface area contributed by atoms with Crippen molar-refractivity contribution in [2.45, 2.75) is 0 Å². The predicted molar refractivity (Wildman–Crippen MR) is 58.3 cm³/mol. The largest absolute Gasteiger partial charge is 0.270 e. The smallest absolute Gasteiger partial charge is 0.267 e. The number of nitrogens with zero attached hydrogens (tertiary/aromatic N) is 2. The van der Waals surface area contributed by atoms with Crippen LogP contribution in [-0.2, 0) is 0 Å². The number of allylic oxidation sites excluding steroid dienone is 1. The molecule has 0 amide bonds. The van der Waals surface area contributed by atoms with E-state index in [-0.39, 0.29) is 5.91 Å². The Morgan fingerprint density at radius 3 is 2.67 bits per heavy atom. The number of carbonyl (C=O) groups is 1. The normalized spacial score (nSPS) is 10.7. The molecule has 1 aromatic heterocycles. The van der Waals surface area contributed by atoms with Crippen LogP contribution in [0, 0.1) is 0 Å². The molecule has 15 heavy (non-hydrogen) atoms. The highest BCUT2D eigenvalue weighted by atomic mass is 16.2. The molecule has 0 unspecified atom stereocenters. The minimum absolute atomic E-state index is 0.149. The van der Waals surface area contributed by atoms with Gasteiger partial charge >= 0.3 is 0 Å². The van der Waals surface area contributed by atoms with Crippen molar-refractivity contribution < 1.29 is 4.79 Å². The zero-order chi connectivity index (χ0) is 10.5. The molecule has 3 heteroatoms. The number of rotatable bonds is 2. The first-order valence-electron chi connectivity index (χ1n) is 4.63. The third kappa shape index (κ3) is 2.40. The lowest BCUT2D eigenvalue weighted by Crippen LogP contribution is -2.06. The van der Waals surface area contributed by atoms with E-state index in [1.807, 2.05) is 30.3 Å². The van der Waals surface area contributed by atoms with E-state index in [4.69, 9.17) is 0 Å². The fourth-order valence-electron chi connectivity index (χ4n) is 1.21. The summed E-state index contributed by atoms with van der Waals surface area (Å²) in [7, 11) is 0. The summed E-state index contributed by atoms with van der Waals surface area (Å²) in [6.45, 7) is 0. The number of hydrogen-bond donors (Lipinski definition) is 0. The van der Waals surface area contributed by atoms with Crippen LogP contribution in [0.15, 0.2) is 54.9 Å². The second-order valence-electron chi connectivity index (χ2n) is 3.03. The molecule has 0 bridgehead atoms. The molecule has 2 rings (SSSR count). The van der Waals surface area contributed by atoms with Gasteiger partial charge in [-0.2, -0.15) is 5.10 Å². The molecule has 0 fully saturated rings. The Hall–Kier alpha value is -2.16. The molecular weight excluding hydrogens is 188 g/mol. The van der Waals surface area contributed by atoms with Gasteiger partial charge in [-0.3, -0.25) is 4.79 Å². The summed E-state index contributed by atoms with van der Waals surface area (Å²) >= 11 is 0. The first-order chi connectivity index (χ1) is 7.36. The number of aromatic nitrogens is 2. The molecule has 1 heterocycles. The molecule has 0 aliphatic rings. The average molecular weight is 198 g/mol. The Morgan fingerprint density at radius 1 is 1.20 bits per heavy atom. The first kappa shape index (κ1) is 9.40. The van der Waals surface area contributed by atoms with Gasteiger partial charge < -0.3 is 0 Å². The van der Waals surface area contributed by atoms with Crippen LogP contribution < -0.4 is 0 Å². The minimum Gasteiger partial charge on any atom is -0.267 e. The van der Waals surface area contributed by atoms with E-state index in [0.29, 0.717) is 0 Å². The minimum atomic E-state index is -0.149. The summed E-state index contributed by atoms with van der Waals surface area (Å²) in [4.78, 5) is 11.5. The number of benzene rings is 1. The molecule has 1 aromatic carbocycles. The maximum absolute atomic E-state index is 11.5. The fourth-order valence-corrected chi connectivity index (χ4v) is 1.21. The molecule has 0 saturated heterocycles. The van der Waals surface area contributed by atoms with Gasteiger partial charge in [0.25, 0.3) is 5.91 Å². The van der Waals surface area contributed by atoms with E-state index in [1.54, 1.807) is 24.5 Å². The SMILES string of the molecule is O=C(C=Cc1ccccc1)n1cccn1. The summed E-state index contributed by atoms with van der Waals surface area (Å²) < 4.78 is 1.29. The Balaban J connectivity index is 2.10. The van der Waals surface area contributed by atoms with Gasteiger partial charge in [0.2, 0.25) is 0 Å². The maximum atomic E-state index is 11.5. The van der Waals surface area contributed by atoms with E-state index in [9.17, 15) is 4.79 Å². The molecule has 3 nitrogen and oxygen atoms in total. The zero-order valence-electron chi connectivity index (χ0n) is 8.08. The van der Waals surface area contributed by atoms with Gasteiger partial charge in [-0.05, 0) is 17.7 Å². The highest BCUT2D eigenvalue weighted by molar-refractivity contribution is 5.92. The molecule has 0 aliphatic heterocycles. The van der Waals surface area contributed by atoms with Gasteiger partial charge in [-0.1, -0.05) is 30.3 Å². The van der Waals surface area contributed by atoms with Crippen LogP contribution in [0.2, 0.25) is 0 Å². The Kier molecular flexibility index (Phi) is 2.74. The quantitative estimate of drug-likeness (QED) is 0.693. The van der Waals surface area contributed by atoms with Crippen LogP contribution in [0.1, 0.15) is 10.4 Å². The Bertz CT molecular complexity index is 458. The summed E-state index contributed by atoms with van der Waals surface area (Å²) in [5, 5.41) is 3.84. The molecule has 0 atom stereocenters. The molecule has 2 aromatic rings. The van der Waals surface area contributed by atoms with Gasteiger partial charge in [-0.15, -0.1) is 0 Å². The lowest BCUT2D eigenvalue weighted by molar-refractivity contribution is 0.0955. The molecule has 0 saturated carbocycles. The number of carbonyl (C=O) groups excluding carboxylic acids is 1. The van der Waals surface area contributed by atoms with Gasteiger partial charge in [-0.25, -0.2) is 4.68 Å². The van der Waals surface area contributed by atoms with Crippen molar-refractivity contribution in [3.05, 3.63) is 60.4 Å². The van der Waals surface area contributed by atoms with Gasteiger partial charge in [0, 0.05) is 18.5 Å². The monoisotopic (exact) mass is 198 g/mol. The van der Waals surface area contributed by atoms with Gasteiger partial charge in [0.05, 0.1) is 0 Å². The molecule has 0 N–H and O–H groups in total. The van der Waals surface area contributed by atoms with Crippen molar-refractivity contribution in [3.63, 3.8) is 0 Å². The van der Waals surface area contributed by atoms with Crippen molar-refractivity contribution in [3.8, 4) is 0 Å². The molecular formula is C12H10N2O. The third-order valence-corrected chi connectivity index (χ3v) is 1.95. The van der Waals surface area contributed by atoms with Crippen molar-refractivity contribution in [2.24, 2.45) is 0 Å². The van der Waals surface area contributed by atoms with E-state index in [2.05, 4.69) is 5.10 Å². The summed E-state index contributed by atoms with van der Waals surface area (Å²) in [6.07, 6.45) is 6.47. The van der Waals surface area contributed by atoms with Gasteiger partial charge in [0.15, 0.2) is 0 Å². The fraction of sp³-hybridized carbons (Fsp3) is 0. The summed E-state index contributed by atoms with van der Waals surface area (Å²) in [5.74, 6) is -0.149. The first-order valence-corrected chi connectivity index (χ1v) is 4.63. The predicted octanol–water partition coefficient (Wildman–Crippen LogP) is 2.24.